The van der Waals surface area contributed by atoms with Gasteiger partial charge in [0.15, 0.2) is 0 Å². The van der Waals surface area contributed by atoms with Crippen LogP contribution in [0.3, 0.4) is 0 Å². The third-order valence-corrected chi connectivity index (χ3v) is 9.35. The molecule has 0 aromatic rings. The van der Waals surface area contributed by atoms with Crippen LogP contribution in [0.15, 0.2) is 23.8 Å². The number of carbonyl (C=O) groups is 1. The Labute approximate surface area is 218 Å². The van der Waals surface area contributed by atoms with Crippen LogP contribution in [0.25, 0.3) is 0 Å². The van der Waals surface area contributed by atoms with Gasteiger partial charge in [-0.2, -0.15) is 0 Å². The average Bonchev–Trinajstić information content (AvgIpc) is 2.80. The fraction of sp³-hybridized carbons (Fsp3) is 0.848. The molecule has 1 fully saturated rings. The number of fused-ring (bicyclic) bond motifs is 1. The number of allylic oxidation sites excluding steroid dienone is 3. The summed E-state index contributed by atoms with van der Waals surface area (Å²) < 4.78 is 5.86. The molecule has 0 amide bonds. The van der Waals surface area contributed by atoms with E-state index in [1.165, 1.54) is 102 Å². The van der Waals surface area contributed by atoms with Gasteiger partial charge in [0.1, 0.15) is 0 Å². The van der Waals surface area contributed by atoms with Crippen LogP contribution in [0.4, 0.5) is 0 Å². The molecule has 0 heterocycles. The minimum Gasteiger partial charge on any atom is -0.465 e. The van der Waals surface area contributed by atoms with Crippen LogP contribution in [0.1, 0.15) is 150 Å². The molecule has 35 heavy (non-hydrogen) atoms. The minimum atomic E-state index is 0.0104. The predicted molar refractivity (Wildman–Crippen MR) is 152 cm³/mol. The third-order valence-electron chi connectivity index (χ3n) is 9.35. The fourth-order valence-electron chi connectivity index (χ4n) is 7.05. The second-order valence-electron chi connectivity index (χ2n) is 12.7. The van der Waals surface area contributed by atoms with E-state index in [-0.39, 0.29) is 11.4 Å². The minimum absolute atomic E-state index is 0.0104. The molecular weight excluding hydrogens is 428 g/mol. The first-order chi connectivity index (χ1) is 16.8. The van der Waals surface area contributed by atoms with Gasteiger partial charge in [0.2, 0.25) is 0 Å². The highest BCUT2D eigenvalue weighted by Crippen LogP contribution is 2.59. The molecule has 2 rings (SSSR count). The van der Waals surface area contributed by atoms with Crippen molar-refractivity contribution in [3.8, 4) is 0 Å². The van der Waals surface area contributed by atoms with Gasteiger partial charge in [-0.05, 0) is 75.0 Å². The summed E-state index contributed by atoms with van der Waals surface area (Å²) in [6, 6.07) is 0. The molecule has 2 aliphatic carbocycles. The lowest BCUT2D eigenvalue weighted by molar-refractivity contribution is -0.148. The number of hydrogen-bond donors (Lipinski definition) is 0. The van der Waals surface area contributed by atoms with Crippen molar-refractivity contribution < 1.29 is 9.53 Å². The van der Waals surface area contributed by atoms with E-state index in [4.69, 9.17) is 4.74 Å². The normalized spacial score (nSPS) is 25.9. The van der Waals surface area contributed by atoms with Gasteiger partial charge in [0.05, 0.1) is 6.61 Å². The van der Waals surface area contributed by atoms with Crippen LogP contribution in [-0.4, -0.2) is 12.6 Å². The van der Waals surface area contributed by atoms with E-state index in [9.17, 15) is 4.79 Å². The Bertz CT molecular complexity index is 658. The lowest BCUT2D eigenvalue weighted by Crippen LogP contribution is -2.49. The largest absolute Gasteiger partial charge is 0.465 e. The quantitative estimate of drug-likeness (QED) is 0.116. The number of hydrogen-bond acceptors (Lipinski definition) is 2. The summed E-state index contributed by atoms with van der Waals surface area (Å²) in [5.74, 6) is 1.09. The highest BCUT2D eigenvalue weighted by atomic mass is 16.5. The molecule has 1 saturated carbocycles. The molecule has 0 aromatic heterocycles. The van der Waals surface area contributed by atoms with Crippen molar-refractivity contribution in [3.05, 3.63) is 23.8 Å². The van der Waals surface area contributed by atoms with Crippen molar-refractivity contribution in [3.63, 3.8) is 0 Å². The Kier molecular flexibility index (Phi) is 13.7. The smallest absolute Gasteiger partial charge is 0.305 e. The molecule has 202 valence electrons. The zero-order valence-corrected chi connectivity index (χ0v) is 24.1. The summed E-state index contributed by atoms with van der Waals surface area (Å²) in [6.45, 7) is 12.5. The van der Waals surface area contributed by atoms with Crippen molar-refractivity contribution in [1.82, 2.24) is 0 Å². The van der Waals surface area contributed by atoms with Gasteiger partial charge in [-0.1, -0.05) is 109 Å². The monoisotopic (exact) mass is 486 g/mol. The number of ether oxygens (including phenoxy) is 1. The van der Waals surface area contributed by atoms with E-state index in [2.05, 4.69) is 52.8 Å². The van der Waals surface area contributed by atoms with Gasteiger partial charge in [-0.25, -0.2) is 0 Å². The molecule has 3 atom stereocenters. The molecule has 1 unspecified atom stereocenters. The molecule has 0 bridgehead atoms. The first-order valence-corrected chi connectivity index (χ1v) is 15.3. The molecule has 0 saturated heterocycles. The third kappa shape index (κ3) is 10.1. The van der Waals surface area contributed by atoms with E-state index in [0.717, 1.165) is 12.8 Å². The first kappa shape index (κ1) is 30.2. The molecule has 0 radical (unpaired) electrons. The van der Waals surface area contributed by atoms with Gasteiger partial charge < -0.3 is 4.74 Å². The predicted octanol–water partition coefficient (Wildman–Crippen LogP) is 10.4. The van der Waals surface area contributed by atoms with Crippen LogP contribution < -0.4 is 0 Å². The Hall–Kier alpha value is -1.05. The maximum atomic E-state index is 12.5. The Morgan fingerprint density at radius 2 is 1.51 bits per heavy atom. The molecule has 2 heteroatoms. The maximum absolute atomic E-state index is 12.5. The Balaban J connectivity index is 1.52. The van der Waals surface area contributed by atoms with E-state index in [1.54, 1.807) is 0 Å². The second-order valence-corrected chi connectivity index (χ2v) is 12.7. The maximum Gasteiger partial charge on any atom is 0.305 e. The van der Waals surface area contributed by atoms with Crippen LogP contribution in [0.5, 0.6) is 0 Å². The molecule has 0 aliphatic heterocycles. The zero-order valence-electron chi connectivity index (χ0n) is 24.1. The van der Waals surface area contributed by atoms with Crippen molar-refractivity contribution >= 4 is 5.97 Å². The fourth-order valence-corrected chi connectivity index (χ4v) is 7.05. The summed E-state index contributed by atoms with van der Waals surface area (Å²) in [5.41, 5.74) is 2.09. The Morgan fingerprint density at radius 1 is 0.914 bits per heavy atom. The zero-order chi connectivity index (χ0) is 25.6. The summed E-state index contributed by atoms with van der Waals surface area (Å²) in [5, 5.41) is 0. The number of unbranched alkanes of at least 4 members (excludes halogenated alkanes) is 11. The highest BCUT2D eigenvalue weighted by molar-refractivity contribution is 5.69. The number of carbonyl (C=O) groups excluding carboxylic acids is 1. The topological polar surface area (TPSA) is 26.3 Å². The van der Waals surface area contributed by atoms with Gasteiger partial charge in [-0.15, -0.1) is 0 Å². The molecule has 2 aliphatic rings. The van der Waals surface area contributed by atoms with Crippen molar-refractivity contribution in [2.75, 3.05) is 6.61 Å². The van der Waals surface area contributed by atoms with Crippen LogP contribution in [0.2, 0.25) is 0 Å². The lowest BCUT2D eigenvalue weighted by Gasteiger charge is -2.56. The molecule has 2 nitrogen and oxygen atoms in total. The number of esters is 1. The van der Waals surface area contributed by atoms with Crippen molar-refractivity contribution in [2.45, 2.75) is 150 Å². The first-order valence-electron chi connectivity index (χ1n) is 15.3. The number of rotatable bonds is 17. The summed E-state index contributed by atoms with van der Waals surface area (Å²) in [7, 11) is 0. The summed E-state index contributed by atoms with van der Waals surface area (Å²) in [6.07, 6.45) is 29.5. The van der Waals surface area contributed by atoms with E-state index >= 15 is 0 Å². The molecule has 0 N–H and O–H groups in total. The Morgan fingerprint density at radius 3 is 2.17 bits per heavy atom. The summed E-state index contributed by atoms with van der Waals surface area (Å²) in [4.78, 5) is 12.5. The van der Waals surface area contributed by atoms with E-state index < -0.39 is 0 Å². The van der Waals surface area contributed by atoms with Crippen molar-refractivity contribution in [1.29, 1.82) is 0 Å². The van der Waals surface area contributed by atoms with E-state index in [1.807, 2.05) is 0 Å². The molecule has 0 aromatic carbocycles. The van der Waals surface area contributed by atoms with Gasteiger partial charge in [0, 0.05) is 12.3 Å². The summed E-state index contributed by atoms with van der Waals surface area (Å²) >= 11 is 0. The second kappa shape index (κ2) is 15.9. The average molecular weight is 487 g/mol. The lowest BCUT2D eigenvalue weighted by atomic mass is 9.49. The van der Waals surface area contributed by atoms with Gasteiger partial charge in [0.25, 0.3) is 0 Å². The van der Waals surface area contributed by atoms with Crippen molar-refractivity contribution in [2.24, 2.45) is 22.7 Å². The highest BCUT2D eigenvalue weighted by Gasteiger charge is 2.52. The van der Waals surface area contributed by atoms with Crippen LogP contribution in [0, 0.1) is 22.7 Å². The standard InChI is InChI=1S/C33H58O2/c1-6-7-8-9-10-11-12-13-14-15-16-17-18-19-20-22-31(34)35-27-29-28(2)23-24-30-32(3,4)25-21-26-33(29,30)5/h13-14,23,29-30H,6-12,15-22,24-27H2,1-5H3/t29-,30?,33+/m0/s1. The van der Waals surface area contributed by atoms with Crippen LogP contribution >= 0.6 is 0 Å². The molecular formula is C33H58O2. The van der Waals surface area contributed by atoms with Gasteiger partial charge >= 0.3 is 5.97 Å². The SMILES string of the molecule is CCCCCCCCC=CCCCCCCCC(=O)OC[C@H]1C(C)=CCC2C(C)(C)CCC[C@@]21C. The van der Waals surface area contributed by atoms with Gasteiger partial charge in [-0.3, -0.25) is 4.79 Å². The van der Waals surface area contributed by atoms with Crippen LogP contribution in [-0.2, 0) is 9.53 Å². The molecule has 0 spiro atoms. The van der Waals surface area contributed by atoms with E-state index in [0.29, 0.717) is 30.3 Å².